The number of ether oxygens (including phenoxy) is 1. The van der Waals surface area contributed by atoms with Crippen molar-refractivity contribution in [2.75, 3.05) is 32.8 Å². The molecule has 1 aromatic carbocycles. The standard InChI is InChI=1S/C17H24N2O3/c20-11-13-12-22-15-7-3-2-6-14(15)17(13)18-10-16(21)19-8-4-1-5-9-19/h2-3,6-7,13,17-18,20H,1,4-5,8-12H2/t13-,17-/m1/s1. The summed E-state index contributed by atoms with van der Waals surface area (Å²) >= 11 is 0. The zero-order valence-electron chi connectivity index (χ0n) is 12.8. The second kappa shape index (κ2) is 7.11. The number of benzene rings is 1. The van der Waals surface area contributed by atoms with Crippen molar-refractivity contribution >= 4 is 5.91 Å². The Morgan fingerprint density at radius 1 is 1.27 bits per heavy atom. The molecule has 2 aliphatic rings. The van der Waals surface area contributed by atoms with Crippen LogP contribution < -0.4 is 10.1 Å². The van der Waals surface area contributed by atoms with Crippen molar-refractivity contribution in [2.24, 2.45) is 5.92 Å². The van der Waals surface area contributed by atoms with Gasteiger partial charge in [-0.2, -0.15) is 0 Å². The van der Waals surface area contributed by atoms with Crippen molar-refractivity contribution in [1.29, 1.82) is 0 Å². The Morgan fingerprint density at radius 2 is 2.05 bits per heavy atom. The van der Waals surface area contributed by atoms with Crippen LogP contribution in [0.4, 0.5) is 0 Å². The summed E-state index contributed by atoms with van der Waals surface area (Å²) in [5.41, 5.74) is 1.03. The van der Waals surface area contributed by atoms with Gasteiger partial charge in [-0.05, 0) is 25.3 Å². The molecule has 5 nitrogen and oxygen atoms in total. The van der Waals surface area contributed by atoms with E-state index in [-0.39, 0.29) is 24.5 Å². The maximum atomic E-state index is 12.3. The highest BCUT2D eigenvalue weighted by Gasteiger charge is 2.30. The van der Waals surface area contributed by atoms with Gasteiger partial charge >= 0.3 is 0 Å². The molecule has 120 valence electrons. The van der Waals surface area contributed by atoms with Crippen LogP contribution in [0.2, 0.25) is 0 Å². The third-order valence-corrected chi connectivity index (χ3v) is 4.59. The molecule has 0 aromatic heterocycles. The van der Waals surface area contributed by atoms with Gasteiger partial charge in [-0.15, -0.1) is 0 Å². The van der Waals surface area contributed by atoms with Crippen molar-refractivity contribution in [3.63, 3.8) is 0 Å². The van der Waals surface area contributed by atoms with Crippen LogP contribution in [-0.2, 0) is 4.79 Å². The SMILES string of the molecule is O=C(CN[C@H]1c2ccccc2OC[C@H]1CO)N1CCCCC1. The van der Waals surface area contributed by atoms with Crippen LogP contribution >= 0.6 is 0 Å². The number of piperidine rings is 1. The van der Waals surface area contributed by atoms with E-state index in [0.29, 0.717) is 13.2 Å². The number of carbonyl (C=O) groups is 1. The quantitative estimate of drug-likeness (QED) is 0.881. The predicted octanol–water partition coefficient (Wildman–Crippen LogP) is 1.33. The zero-order valence-corrected chi connectivity index (χ0v) is 12.8. The fourth-order valence-electron chi connectivity index (χ4n) is 3.30. The lowest BCUT2D eigenvalue weighted by molar-refractivity contribution is -0.131. The molecule has 2 atom stereocenters. The van der Waals surface area contributed by atoms with Crippen molar-refractivity contribution in [3.05, 3.63) is 29.8 Å². The van der Waals surface area contributed by atoms with E-state index in [9.17, 15) is 9.90 Å². The number of aliphatic hydroxyl groups excluding tert-OH is 1. The van der Waals surface area contributed by atoms with Crippen LogP contribution in [0.15, 0.2) is 24.3 Å². The number of aliphatic hydroxyl groups is 1. The topological polar surface area (TPSA) is 61.8 Å². The predicted molar refractivity (Wildman–Crippen MR) is 83.7 cm³/mol. The van der Waals surface area contributed by atoms with Crippen LogP contribution in [-0.4, -0.2) is 48.8 Å². The molecular formula is C17H24N2O3. The van der Waals surface area contributed by atoms with Crippen molar-refractivity contribution in [2.45, 2.75) is 25.3 Å². The molecule has 1 aromatic rings. The highest BCUT2D eigenvalue weighted by molar-refractivity contribution is 5.78. The van der Waals surface area contributed by atoms with Gasteiger partial charge in [0.05, 0.1) is 19.8 Å². The van der Waals surface area contributed by atoms with E-state index in [0.717, 1.165) is 37.2 Å². The van der Waals surface area contributed by atoms with E-state index in [1.54, 1.807) is 0 Å². The number of nitrogens with one attached hydrogen (secondary N) is 1. The van der Waals surface area contributed by atoms with Crippen molar-refractivity contribution < 1.29 is 14.6 Å². The molecule has 2 heterocycles. The Labute approximate surface area is 131 Å². The largest absolute Gasteiger partial charge is 0.493 e. The van der Waals surface area contributed by atoms with Gasteiger partial charge in [-0.25, -0.2) is 0 Å². The Hall–Kier alpha value is -1.59. The van der Waals surface area contributed by atoms with Gasteiger partial charge < -0.3 is 20.1 Å². The number of rotatable bonds is 4. The van der Waals surface area contributed by atoms with Gasteiger partial charge in [0.1, 0.15) is 5.75 Å². The molecule has 22 heavy (non-hydrogen) atoms. The van der Waals surface area contributed by atoms with E-state index >= 15 is 0 Å². The molecule has 5 heteroatoms. The molecule has 0 radical (unpaired) electrons. The summed E-state index contributed by atoms with van der Waals surface area (Å²) in [4.78, 5) is 14.3. The first-order valence-electron chi connectivity index (χ1n) is 8.13. The number of carbonyl (C=O) groups excluding carboxylic acids is 1. The average molecular weight is 304 g/mol. The third kappa shape index (κ3) is 3.25. The summed E-state index contributed by atoms with van der Waals surface area (Å²) in [7, 11) is 0. The van der Waals surface area contributed by atoms with Crippen LogP contribution in [0.1, 0.15) is 30.9 Å². The highest BCUT2D eigenvalue weighted by Crippen LogP contribution is 2.34. The number of hydrogen-bond acceptors (Lipinski definition) is 4. The minimum Gasteiger partial charge on any atom is -0.493 e. The molecular weight excluding hydrogens is 280 g/mol. The highest BCUT2D eigenvalue weighted by atomic mass is 16.5. The molecule has 0 spiro atoms. The van der Waals surface area contributed by atoms with E-state index in [1.807, 2.05) is 29.2 Å². The first-order chi connectivity index (χ1) is 10.8. The van der Waals surface area contributed by atoms with Gasteiger partial charge in [-0.3, -0.25) is 4.79 Å². The summed E-state index contributed by atoms with van der Waals surface area (Å²) in [5, 5.41) is 12.9. The van der Waals surface area contributed by atoms with Crippen LogP contribution in [0.3, 0.4) is 0 Å². The van der Waals surface area contributed by atoms with E-state index in [1.165, 1.54) is 6.42 Å². The van der Waals surface area contributed by atoms with E-state index < -0.39 is 0 Å². The lowest BCUT2D eigenvalue weighted by atomic mass is 9.91. The van der Waals surface area contributed by atoms with Crippen molar-refractivity contribution in [1.82, 2.24) is 10.2 Å². The van der Waals surface area contributed by atoms with Crippen LogP contribution in [0, 0.1) is 5.92 Å². The third-order valence-electron chi connectivity index (χ3n) is 4.59. The molecule has 1 amide bonds. The Morgan fingerprint density at radius 3 is 2.82 bits per heavy atom. The van der Waals surface area contributed by atoms with Crippen LogP contribution in [0.25, 0.3) is 0 Å². The molecule has 0 bridgehead atoms. The molecule has 1 saturated heterocycles. The monoisotopic (exact) mass is 304 g/mol. The van der Waals surface area contributed by atoms with Gasteiger partial charge in [0, 0.05) is 30.6 Å². The molecule has 0 saturated carbocycles. The zero-order chi connectivity index (χ0) is 15.4. The smallest absolute Gasteiger partial charge is 0.236 e. The summed E-state index contributed by atoms with van der Waals surface area (Å²) < 4.78 is 5.68. The first kappa shape index (κ1) is 15.3. The first-order valence-corrected chi connectivity index (χ1v) is 8.13. The molecule has 2 N–H and O–H groups in total. The molecule has 1 fully saturated rings. The minimum absolute atomic E-state index is 0.0240. The summed E-state index contributed by atoms with van der Waals surface area (Å²) in [5.74, 6) is 0.972. The second-order valence-corrected chi connectivity index (χ2v) is 6.09. The fraction of sp³-hybridized carbons (Fsp3) is 0.588. The van der Waals surface area contributed by atoms with E-state index in [2.05, 4.69) is 5.32 Å². The summed E-state index contributed by atoms with van der Waals surface area (Å²) in [6.45, 7) is 2.57. The lowest BCUT2D eigenvalue weighted by Crippen LogP contribution is -2.45. The molecule has 0 unspecified atom stereocenters. The molecule has 0 aliphatic carbocycles. The Kier molecular flexibility index (Phi) is 4.95. The summed E-state index contributed by atoms with van der Waals surface area (Å²) in [6.07, 6.45) is 3.42. The number of likely N-dealkylation sites (tertiary alicyclic amines) is 1. The minimum atomic E-state index is -0.0382. The van der Waals surface area contributed by atoms with Gasteiger partial charge in [0.15, 0.2) is 0 Å². The van der Waals surface area contributed by atoms with Gasteiger partial charge in [0.2, 0.25) is 5.91 Å². The number of fused-ring (bicyclic) bond motifs is 1. The van der Waals surface area contributed by atoms with Gasteiger partial charge in [0.25, 0.3) is 0 Å². The lowest BCUT2D eigenvalue weighted by Gasteiger charge is -2.34. The maximum Gasteiger partial charge on any atom is 0.236 e. The van der Waals surface area contributed by atoms with Crippen LogP contribution in [0.5, 0.6) is 5.75 Å². The van der Waals surface area contributed by atoms with Crippen molar-refractivity contribution in [3.8, 4) is 5.75 Å². The number of para-hydroxylation sites is 1. The van der Waals surface area contributed by atoms with E-state index in [4.69, 9.17) is 4.74 Å². The Bertz CT molecular complexity index is 514. The number of amides is 1. The molecule has 3 rings (SSSR count). The summed E-state index contributed by atoms with van der Waals surface area (Å²) in [6, 6.07) is 7.80. The molecule has 2 aliphatic heterocycles. The maximum absolute atomic E-state index is 12.3. The van der Waals surface area contributed by atoms with Gasteiger partial charge in [-0.1, -0.05) is 18.2 Å². The number of nitrogens with zero attached hydrogens (tertiary/aromatic N) is 1. The second-order valence-electron chi connectivity index (χ2n) is 6.09. The Balaban J connectivity index is 1.65. The fourth-order valence-corrected chi connectivity index (χ4v) is 3.30. The normalized spacial score (nSPS) is 24.5. The number of hydrogen-bond donors (Lipinski definition) is 2. The average Bonchev–Trinajstić information content (AvgIpc) is 2.60.